The van der Waals surface area contributed by atoms with Crippen LogP contribution in [0.15, 0.2) is 12.7 Å². The highest BCUT2D eigenvalue weighted by Crippen LogP contribution is 2.35. The van der Waals surface area contributed by atoms with Crippen LogP contribution in [0.4, 0.5) is 5.82 Å². The number of hydrogen-bond acceptors (Lipinski definition) is 7. The van der Waals surface area contributed by atoms with E-state index in [1.54, 1.807) is 4.57 Å². The van der Waals surface area contributed by atoms with E-state index in [-0.39, 0.29) is 18.3 Å². The summed E-state index contributed by atoms with van der Waals surface area (Å²) >= 11 is 0. The van der Waals surface area contributed by atoms with Gasteiger partial charge in [-0.3, -0.25) is 4.57 Å². The summed E-state index contributed by atoms with van der Waals surface area (Å²) in [7, 11) is 0. The Hall–Kier alpha value is -1.77. The van der Waals surface area contributed by atoms with Crippen molar-refractivity contribution in [3.8, 4) is 0 Å². The third-order valence-electron chi connectivity index (χ3n) is 3.57. The lowest BCUT2D eigenvalue weighted by molar-refractivity contribution is -0.0491. The van der Waals surface area contributed by atoms with Gasteiger partial charge in [0.2, 0.25) is 0 Å². The van der Waals surface area contributed by atoms with Gasteiger partial charge in [0.25, 0.3) is 0 Å². The first-order chi connectivity index (χ1) is 9.13. The van der Waals surface area contributed by atoms with E-state index in [1.165, 1.54) is 12.7 Å². The first-order valence-corrected chi connectivity index (χ1v) is 6.01. The molecule has 8 heteroatoms. The van der Waals surface area contributed by atoms with Gasteiger partial charge < -0.3 is 20.7 Å². The lowest BCUT2D eigenvalue weighted by Crippen LogP contribution is -2.25. The predicted molar refractivity (Wildman–Crippen MR) is 65.9 cm³/mol. The number of anilines is 1. The fourth-order valence-electron chi connectivity index (χ4n) is 2.36. The number of aliphatic hydroxyl groups excluding tert-OH is 2. The Balaban J connectivity index is 2.04. The highest BCUT2D eigenvalue weighted by atomic mass is 16.5. The maximum Gasteiger partial charge on any atom is 0.167 e. The molecule has 19 heavy (non-hydrogen) atoms. The van der Waals surface area contributed by atoms with Crippen molar-refractivity contribution in [3.63, 3.8) is 0 Å². The molecule has 0 aliphatic carbocycles. The van der Waals surface area contributed by atoms with Crippen molar-refractivity contribution in [3.05, 3.63) is 12.7 Å². The molecule has 2 aromatic heterocycles. The van der Waals surface area contributed by atoms with Crippen LogP contribution in [-0.4, -0.2) is 48.5 Å². The summed E-state index contributed by atoms with van der Waals surface area (Å²) in [5, 5.41) is 19.4. The Morgan fingerprint density at radius 3 is 2.89 bits per heavy atom. The zero-order chi connectivity index (χ0) is 13.6. The molecule has 4 atom stereocenters. The molecule has 1 fully saturated rings. The standard InChI is InChI=1S/C11H15N5O3/c1-5-6(2-17)19-11(8(5)18)16-4-15-7-9(12)13-3-14-10(7)16/h3-6,8,11,17-18H,2H2,1H3,(H2,12,13,14)/t5?,6-,8?,11-/m1/s1. The molecule has 0 saturated carbocycles. The van der Waals surface area contributed by atoms with Crippen molar-refractivity contribution in [2.75, 3.05) is 12.3 Å². The Morgan fingerprint density at radius 1 is 1.42 bits per heavy atom. The number of imidazole rings is 1. The van der Waals surface area contributed by atoms with Crippen LogP contribution in [0.5, 0.6) is 0 Å². The van der Waals surface area contributed by atoms with E-state index >= 15 is 0 Å². The van der Waals surface area contributed by atoms with E-state index in [9.17, 15) is 10.2 Å². The van der Waals surface area contributed by atoms with Gasteiger partial charge >= 0.3 is 0 Å². The quantitative estimate of drug-likeness (QED) is 0.656. The average Bonchev–Trinajstić information content (AvgIpc) is 2.94. The minimum atomic E-state index is -0.745. The lowest BCUT2D eigenvalue weighted by Gasteiger charge is -2.16. The zero-order valence-corrected chi connectivity index (χ0v) is 10.3. The number of fused-ring (bicyclic) bond motifs is 1. The SMILES string of the molecule is CC1C(O)[C@H](n2cnc3c(N)ncnc32)O[C@@H]1CO. The van der Waals surface area contributed by atoms with Crippen molar-refractivity contribution in [2.24, 2.45) is 5.92 Å². The maximum absolute atomic E-state index is 10.2. The molecule has 0 aromatic carbocycles. The minimum Gasteiger partial charge on any atom is -0.394 e. The number of nitrogens with zero attached hydrogens (tertiary/aromatic N) is 4. The van der Waals surface area contributed by atoms with E-state index in [2.05, 4.69) is 15.0 Å². The van der Waals surface area contributed by atoms with Crippen molar-refractivity contribution in [2.45, 2.75) is 25.4 Å². The largest absolute Gasteiger partial charge is 0.394 e. The Morgan fingerprint density at radius 2 is 2.21 bits per heavy atom. The predicted octanol–water partition coefficient (Wildman–Crippen LogP) is -0.705. The van der Waals surface area contributed by atoms with Gasteiger partial charge in [-0.25, -0.2) is 15.0 Å². The van der Waals surface area contributed by atoms with Crippen LogP contribution in [0.1, 0.15) is 13.2 Å². The topological polar surface area (TPSA) is 119 Å². The monoisotopic (exact) mass is 265 g/mol. The molecule has 0 amide bonds. The molecule has 0 spiro atoms. The third kappa shape index (κ3) is 1.76. The van der Waals surface area contributed by atoms with Gasteiger partial charge in [0.15, 0.2) is 17.7 Å². The number of hydrogen-bond donors (Lipinski definition) is 3. The molecule has 1 aliphatic heterocycles. The average molecular weight is 265 g/mol. The second-order valence-corrected chi connectivity index (χ2v) is 4.68. The summed E-state index contributed by atoms with van der Waals surface area (Å²) in [5.74, 6) is 0.106. The highest BCUT2D eigenvalue weighted by molar-refractivity contribution is 5.81. The van der Waals surface area contributed by atoms with Crippen LogP contribution in [-0.2, 0) is 4.74 Å². The summed E-state index contributed by atoms with van der Waals surface area (Å²) in [6, 6.07) is 0. The fraction of sp³-hybridized carbons (Fsp3) is 0.545. The van der Waals surface area contributed by atoms with Crippen LogP contribution in [0.3, 0.4) is 0 Å². The maximum atomic E-state index is 10.2. The molecule has 3 rings (SSSR count). The van der Waals surface area contributed by atoms with E-state index < -0.39 is 18.4 Å². The third-order valence-corrected chi connectivity index (χ3v) is 3.57. The van der Waals surface area contributed by atoms with Gasteiger partial charge in [0.1, 0.15) is 17.9 Å². The number of rotatable bonds is 2. The minimum absolute atomic E-state index is 0.140. The van der Waals surface area contributed by atoms with E-state index in [0.717, 1.165) is 0 Å². The number of aliphatic hydroxyl groups is 2. The molecule has 0 radical (unpaired) electrons. The van der Waals surface area contributed by atoms with Gasteiger partial charge in [0, 0.05) is 5.92 Å². The Bertz CT molecular complexity index is 601. The summed E-state index contributed by atoms with van der Waals surface area (Å²) in [4.78, 5) is 12.1. The first kappa shape index (κ1) is 12.3. The molecule has 4 N–H and O–H groups in total. The molecule has 2 unspecified atom stereocenters. The van der Waals surface area contributed by atoms with Gasteiger partial charge in [-0.15, -0.1) is 0 Å². The fourth-order valence-corrected chi connectivity index (χ4v) is 2.36. The second kappa shape index (κ2) is 4.41. The van der Waals surface area contributed by atoms with Gasteiger partial charge in [-0.1, -0.05) is 6.92 Å². The van der Waals surface area contributed by atoms with Crippen molar-refractivity contribution < 1.29 is 14.9 Å². The normalized spacial score (nSPS) is 31.1. The van der Waals surface area contributed by atoms with Crippen LogP contribution in [0.2, 0.25) is 0 Å². The molecule has 1 aliphatic rings. The summed E-state index contributed by atoms with van der Waals surface area (Å²) < 4.78 is 7.26. The van der Waals surface area contributed by atoms with Crippen molar-refractivity contribution in [1.82, 2.24) is 19.5 Å². The van der Waals surface area contributed by atoms with Crippen LogP contribution >= 0.6 is 0 Å². The van der Waals surface area contributed by atoms with Gasteiger partial charge in [-0.05, 0) is 0 Å². The molecule has 0 bridgehead atoms. The van der Waals surface area contributed by atoms with Crippen LogP contribution < -0.4 is 5.73 Å². The number of aromatic nitrogens is 4. The lowest BCUT2D eigenvalue weighted by atomic mass is 10.0. The molecular weight excluding hydrogens is 250 g/mol. The molecule has 2 aromatic rings. The summed E-state index contributed by atoms with van der Waals surface area (Å²) in [5.41, 5.74) is 6.69. The molecule has 102 valence electrons. The van der Waals surface area contributed by atoms with Crippen molar-refractivity contribution in [1.29, 1.82) is 0 Å². The van der Waals surface area contributed by atoms with Crippen LogP contribution in [0, 0.1) is 5.92 Å². The first-order valence-electron chi connectivity index (χ1n) is 6.01. The Labute approximate surface area is 108 Å². The second-order valence-electron chi connectivity index (χ2n) is 4.68. The number of nitrogens with two attached hydrogens (primary N) is 1. The smallest absolute Gasteiger partial charge is 0.167 e. The number of nitrogen functional groups attached to an aromatic ring is 1. The summed E-state index contributed by atoms with van der Waals surface area (Å²) in [6.07, 6.45) is 1.06. The number of ether oxygens (including phenoxy) is 1. The van der Waals surface area contributed by atoms with Crippen molar-refractivity contribution >= 4 is 17.0 Å². The molecule has 3 heterocycles. The van der Waals surface area contributed by atoms with E-state index in [1.807, 2.05) is 6.92 Å². The highest BCUT2D eigenvalue weighted by Gasteiger charge is 2.42. The van der Waals surface area contributed by atoms with E-state index in [0.29, 0.717) is 11.2 Å². The molecular formula is C11H15N5O3. The van der Waals surface area contributed by atoms with Gasteiger partial charge in [0.05, 0.1) is 19.0 Å². The van der Waals surface area contributed by atoms with Gasteiger partial charge in [-0.2, -0.15) is 0 Å². The zero-order valence-electron chi connectivity index (χ0n) is 10.3. The molecule has 8 nitrogen and oxygen atoms in total. The Kier molecular flexibility index (Phi) is 2.85. The molecule has 1 saturated heterocycles. The summed E-state index contributed by atoms with van der Waals surface area (Å²) in [6.45, 7) is 1.69. The van der Waals surface area contributed by atoms with Crippen LogP contribution in [0.25, 0.3) is 11.2 Å². The van der Waals surface area contributed by atoms with E-state index in [4.69, 9.17) is 10.5 Å².